The van der Waals surface area contributed by atoms with Crippen LogP contribution in [0.4, 0.5) is 0 Å². The van der Waals surface area contributed by atoms with Gasteiger partial charge < -0.3 is 4.74 Å². The van der Waals surface area contributed by atoms with E-state index in [1.54, 1.807) is 16.4 Å². The van der Waals surface area contributed by atoms with Gasteiger partial charge in [0, 0.05) is 0 Å². The SMILES string of the molecule is c1ccc(-n2nnnc2SC2COC2)cc1. The second-order valence-corrected chi connectivity index (χ2v) is 4.75. The van der Waals surface area contributed by atoms with Crippen LogP contribution in [-0.4, -0.2) is 38.7 Å². The standard InChI is InChI=1S/C10H10N4OS/c1-2-4-8(5-3-1)14-10(11-12-13-14)16-9-6-15-7-9/h1-5,9H,6-7H2. The largest absolute Gasteiger partial charge is 0.379 e. The number of tetrazole rings is 1. The van der Waals surface area contributed by atoms with Crippen molar-refractivity contribution in [2.24, 2.45) is 0 Å². The molecule has 3 rings (SSSR count). The first-order chi connectivity index (χ1) is 7.93. The molecule has 0 amide bonds. The summed E-state index contributed by atoms with van der Waals surface area (Å²) in [6.07, 6.45) is 0. The highest BCUT2D eigenvalue weighted by atomic mass is 32.2. The van der Waals surface area contributed by atoms with Crippen molar-refractivity contribution in [3.05, 3.63) is 30.3 Å². The molecule has 1 aliphatic rings. The second-order valence-electron chi connectivity index (χ2n) is 3.49. The summed E-state index contributed by atoms with van der Waals surface area (Å²) in [5.41, 5.74) is 0.982. The van der Waals surface area contributed by atoms with Gasteiger partial charge in [-0.3, -0.25) is 0 Å². The van der Waals surface area contributed by atoms with Gasteiger partial charge in [-0.05, 0) is 22.6 Å². The monoisotopic (exact) mass is 234 g/mol. The molecule has 0 aliphatic carbocycles. The normalized spacial score (nSPS) is 16.0. The number of aromatic nitrogens is 4. The van der Waals surface area contributed by atoms with E-state index in [1.165, 1.54) is 0 Å². The fourth-order valence-electron chi connectivity index (χ4n) is 1.41. The molecule has 16 heavy (non-hydrogen) atoms. The summed E-state index contributed by atoms with van der Waals surface area (Å²) in [6.45, 7) is 1.57. The predicted octanol–water partition coefficient (Wildman–Crippen LogP) is 1.15. The number of rotatable bonds is 3. The van der Waals surface area contributed by atoms with Crippen molar-refractivity contribution in [1.29, 1.82) is 0 Å². The van der Waals surface area contributed by atoms with Gasteiger partial charge in [-0.1, -0.05) is 30.0 Å². The number of benzene rings is 1. The van der Waals surface area contributed by atoms with Crippen LogP contribution in [0.1, 0.15) is 0 Å². The Morgan fingerprint density at radius 2 is 2.06 bits per heavy atom. The van der Waals surface area contributed by atoms with Gasteiger partial charge in [0.05, 0.1) is 24.2 Å². The summed E-state index contributed by atoms with van der Waals surface area (Å²) in [7, 11) is 0. The number of para-hydroxylation sites is 1. The van der Waals surface area contributed by atoms with Gasteiger partial charge in [-0.25, -0.2) is 0 Å². The molecular weight excluding hydrogens is 224 g/mol. The third-order valence-corrected chi connectivity index (χ3v) is 3.39. The molecule has 0 saturated carbocycles. The topological polar surface area (TPSA) is 52.8 Å². The molecular formula is C10H10N4OS. The molecule has 0 N–H and O–H groups in total. The lowest BCUT2D eigenvalue weighted by Crippen LogP contribution is -2.30. The Morgan fingerprint density at radius 1 is 1.25 bits per heavy atom. The summed E-state index contributed by atoms with van der Waals surface area (Å²) >= 11 is 1.66. The van der Waals surface area contributed by atoms with E-state index in [1.807, 2.05) is 30.3 Å². The van der Waals surface area contributed by atoms with Crippen molar-refractivity contribution in [2.75, 3.05) is 13.2 Å². The number of ether oxygens (including phenoxy) is 1. The third kappa shape index (κ3) is 1.81. The van der Waals surface area contributed by atoms with Crippen LogP contribution >= 0.6 is 11.8 Å². The number of nitrogens with zero attached hydrogens (tertiary/aromatic N) is 4. The van der Waals surface area contributed by atoms with Gasteiger partial charge in [0.25, 0.3) is 0 Å². The number of hydrogen-bond acceptors (Lipinski definition) is 5. The molecule has 1 aromatic carbocycles. The molecule has 0 atom stereocenters. The van der Waals surface area contributed by atoms with E-state index in [4.69, 9.17) is 4.74 Å². The van der Waals surface area contributed by atoms with Gasteiger partial charge in [0.15, 0.2) is 0 Å². The zero-order valence-electron chi connectivity index (χ0n) is 8.48. The average Bonchev–Trinajstić information content (AvgIpc) is 2.73. The molecule has 1 fully saturated rings. The molecule has 6 heteroatoms. The van der Waals surface area contributed by atoms with E-state index in [0.717, 1.165) is 24.1 Å². The van der Waals surface area contributed by atoms with E-state index in [-0.39, 0.29) is 0 Å². The highest BCUT2D eigenvalue weighted by molar-refractivity contribution is 7.99. The van der Waals surface area contributed by atoms with Crippen LogP contribution in [0.3, 0.4) is 0 Å². The summed E-state index contributed by atoms with van der Waals surface area (Å²) in [4.78, 5) is 0. The molecule has 2 heterocycles. The van der Waals surface area contributed by atoms with Crippen molar-refractivity contribution < 1.29 is 4.74 Å². The van der Waals surface area contributed by atoms with Crippen LogP contribution in [0.15, 0.2) is 35.5 Å². The highest BCUT2D eigenvalue weighted by Crippen LogP contribution is 2.26. The molecule has 0 radical (unpaired) electrons. The van der Waals surface area contributed by atoms with Crippen LogP contribution in [0, 0.1) is 0 Å². The molecule has 1 aliphatic heterocycles. The number of hydrogen-bond donors (Lipinski definition) is 0. The lowest BCUT2D eigenvalue weighted by atomic mass is 10.3. The van der Waals surface area contributed by atoms with Crippen LogP contribution in [0.25, 0.3) is 5.69 Å². The van der Waals surface area contributed by atoms with Gasteiger partial charge >= 0.3 is 0 Å². The minimum absolute atomic E-state index is 0.480. The van der Waals surface area contributed by atoms with E-state index in [2.05, 4.69) is 15.5 Å². The maximum atomic E-state index is 5.13. The maximum Gasteiger partial charge on any atom is 0.214 e. The van der Waals surface area contributed by atoms with Gasteiger partial charge in [0.2, 0.25) is 5.16 Å². The molecule has 0 bridgehead atoms. The molecule has 1 aromatic heterocycles. The van der Waals surface area contributed by atoms with Crippen molar-refractivity contribution in [2.45, 2.75) is 10.4 Å². The zero-order valence-corrected chi connectivity index (χ0v) is 9.30. The van der Waals surface area contributed by atoms with E-state index < -0.39 is 0 Å². The summed E-state index contributed by atoms with van der Waals surface area (Å²) in [6, 6.07) is 9.88. The van der Waals surface area contributed by atoms with E-state index in [9.17, 15) is 0 Å². The maximum absolute atomic E-state index is 5.13. The minimum atomic E-state index is 0.480. The first-order valence-electron chi connectivity index (χ1n) is 5.02. The zero-order chi connectivity index (χ0) is 10.8. The number of thioether (sulfide) groups is 1. The Balaban J connectivity index is 1.87. The Kier molecular flexibility index (Phi) is 2.59. The second kappa shape index (κ2) is 4.23. The van der Waals surface area contributed by atoms with Crippen LogP contribution in [-0.2, 0) is 4.74 Å². The lowest BCUT2D eigenvalue weighted by Gasteiger charge is -2.24. The van der Waals surface area contributed by atoms with Crippen LogP contribution in [0.2, 0.25) is 0 Å². The first-order valence-corrected chi connectivity index (χ1v) is 5.89. The van der Waals surface area contributed by atoms with Crippen LogP contribution < -0.4 is 0 Å². The molecule has 1 saturated heterocycles. The van der Waals surface area contributed by atoms with Gasteiger partial charge in [-0.15, -0.1) is 5.10 Å². The third-order valence-electron chi connectivity index (χ3n) is 2.32. The van der Waals surface area contributed by atoms with Crippen molar-refractivity contribution in [3.63, 3.8) is 0 Å². The summed E-state index contributed by atoms with van der Waals surface area (Å²) in [5, 5.41) is 13.0. The Morgan fingerprint density at radius 3 is 2.75 bits per heavy atom. The molecule has 0 spiro atoms. The van der Waals surface area contributed by atoms with Crippen molar-refractivity contribution >= 4 is 11.8 Å². The Hall–Kier alpha value is -1.40. The van der Waals surface area contributed by atoms with E-state index >= 15 is 0 Å². The Bertz CT molecular complexity index is 469. The lowest BCUT2D eigenvalue weighted by molar-refractivity contribution is 0.0454. The smallest absolute Gasteiger partial charge is 0.214 e. The average molecular weight is 234 g/mol. The predicted molar refractivity (Wildman–Crippen MR) is 59.6 cm³/mol. The Labute approximate surface area is 96.8 Å². The molecule has 0 unspecified atom stereocenters. The summed E-state index contributed by atoms with van der Waals surface area (Å²) < 4.78 is 6.88. The molecule has 5 nitrogen and oxygen atoms in total. The fraction of sp³-hybridized carbons (Fsp3) is 0.300. The van der Waals surface area contributed by atoms with E-state index in [0.29, 0.717) is 5.25 Å². The molecule has 82 valence electrons. The quantitative estimate of drug-likeness (QED) is 0.797. The fourth-order valence-corrected chi connectivity index (χ4v) is 2.37. The minimum Gasteiger partial charge on any atom is -0.379 e. The van der Waals surface area contributed by atoms with Gasteiger partial charge in [-0.2, -0.15) is 4.68 Å². The van der Waals surface area contributed by atoms with Gasteiger partial charge in [0.1, 0.15) is 0 Å². The first kappa shape index (κ1) is 9.80. The summed E-state index contributed by atoms with van der Waals surface area (Å²) in [5.74, 6) is 0. The molecule has 2 aromatic rings. The van der Waals surface area contributed by atoms with Crippen LogP contribution in [0.5, 0.6) is 0 Å². The highest BCUT2D eigenvalue weighted by Gasteiger charge is 2.23. The van der Waals surface area contributed by atoms with Crippen molar-refractivity contribution in [3.8, 4) is 5.69 Å². The van der Waals surface area contributed by atoms with Crippen molar-refractivity contribution in [1.82, 2.24) is 20.2 Å².